The van der Waals surface area contributed by atoms with Crippen molar-refractivity contribution in [3.05, 3.63) is 71.4 Å². The van der Waals surface area contributed by atoms with Gasteiger partial charge in [-0.3, -0.25) is 4.98 Å². The first-order chi connectivity index (χ1) is 14.4. The fraction of sp³-hybridized carbons (Fsp3) is 0.280. The van der Waals surface area contributed by atoms with E-state index in [1.807, 2.05) is 76.2 Å². The molecule has 0 bridgehead atoms. The lowest BCUT2D eigenvalue weighted by molar-refractivity contribution is 0.0527. The van der Waals surface area contributed by atoms with Crippen molar-refractivity contribution in [2.45, 2.75) is 40.7 Å². The molecule has 0 atom stereocenters. The third-order valence-corrected chi connectivity index (χ3v) is 4.51. The maximum atomic E-state index is 12.3. The lowest BCUT2D eigenvalue weighted by Crippen LogP contribution is -2.08. The number of benzene rings is 2. The highest BCUT2D eigenvalue weighted by Crippen LogP contribution is 2.29. The van der Waals surface area contributed by atoms with Crippen LogP contribution < -0.4 is 10.1 Å². The van der Waals surface area contributed by atoms with Crippen molar-refractivity contribution in [1.82, 2.24) is 4.98 Å². The minimum atomic E-state index is -0.341. The molecule has 1 N–H and O–H groups in total. The zero-order valence-electron chi connectivity index (χ0n) is 18.2. The fourth-order valence-corrected chi connectivity index (χ4v) is 3.23. The fourth-order valence-electron chi connectivity index (χ4n) is 3.23. The summed E-state index contributed by atoms with van der Waals surface area (Å²) in [6, 6.07) is 15.6. The number of carbonyl (C=O) groups is 1. The summed E-state index contributed by atoms with van der Waals surface area (Å²) >= 11 is 0. The summed E-state index contributed by atoms with van der Waals surface area (Å²) in [5.41, 5.74) is 5.92. The topological polar surface area (TPSA) is 60.5 Å². The third kappa shape index (κ3) is 5.17. The van der Waals surface area contributed by atoms with Gasteiger partial charge in [0.25, 0.3) is 0 Å². The average molecular weight is 405 g/mol. The van der Waals surface area contributed by atoms with E-state index in [2.05, 4.69) is 10.3 Å². The minimum Gasteiger partial charge on any atom is -0.491 e. The number of aryl methyl sites for hydroxylation is 2. The van der Waals surface area contributed by atoms with Gasteiger partial charge in [0.05, 0.1) is 41.5 Å². The molecule has 5 nitrogen and oxygen atoms in total. The van der Waals surface area contributed by atoms with E-state index in [9.17, 15) is 4.79 Å². The van der Waals surface area contributed by atoms with Gasteiger partial charge in [0.15, 0.2) is 0 Å². The lowest BCUT2D eigenvalue weighted by Gasteiger charge is -2.14. The monoisotopic (exact) mass is 404 g/mol. The number of esters is 1. The van der Waals surface area contributed by atoms with Crippen LogP contribution in [0.1, 0.15) is 42.3 Å². The quantitative estimate of drug-likeness (QED) is 0.484. The first kappa shape index (κ1) is 21.4. The summed E-state index contributed by atoms with van der Waals surface area (Å²) in [5.74, 6) is 0.483. The number of hydrogen-bond donors (Lipinski definition) is 1. The number of nitrogens with zero attached hydrogens (tertiary/aromatic N) is 1. The lowest BCUT2D eigenvalue weighted by atomic mass is 10.1. The molecule has 5 heteroatoms. The van der Waals surface area contributed by atoms with Crippen molar-refractivity contribution in [2.75, 3.05) is 11.9 Å². The van der Waals surface area contributed by atoms with Crippen molar-refractivity contribution < 1.29 is 14.3 Å². The number of aromatic nitrogens is 1. The molecule has 156 valence electrons. The predicted octanol–water partition coefficient (Wildman–Crippen LogP) is 6.07. The van der Waals surface area contributed by atoms with E-state index in [4.69, 9.17) is 9.47 Å². The molecule has 1 heterocycles. The Morgan fingerprint density at radius 2 is 1.90 bits per heavy atom. The van der Waals surface area contributed by atoms with E-state index in [0.717, 1.165) is 33.8 Å². The van der Waals surface area contributed by atoms with Crippen LogP contribution in [0.5, 0.6) is 5.75 Å². The second-order valence-corrected chi connectivity index (χ2v) is 7.48. The van der Waals surface area contributed by atoms with Crippen LogP contribution in [0.25, 0.3) is 11.3 Å². The molecule has 0 aliphatic heterocycles. The van der Waals surface area contributed by atoms with E-state index >= 15 is 0 Å². The van der Waals surface area contributed by atoms with Crippen LogP contribution in [0.3, 0.4) is 0 Å². The van der Waals surface area contributed by atoms with Crippen molar-refractivity contribution in [2.24, 2.45) is 0 Å². The molecule has 0 aliphatic carbocycles. The number of carbonyl (C=O) groups excluding carboxylic acids is 1. The van der Waals surface area contributed by atoms with Gasteiger partial charge in [-0.1, -0.05) is 23.8 Å². The average Bonchev–Trinajstić information content (AvgIpc) is 2.69. The molecule has 0 fully saturated rings. The summed E-state index contributed by atoms with van der Waals surface area (Å²) in [5, 5.41) is 3.31. The summed E-state index contributed by atoms with van der Waals surface area (Å²) in [6.45, 7) is 10.1. The Morgan fingerprint density at radius 1 is 1.10 bits per heavy atom. The Balaban J connectivity index is 1.88. The molecular weight excluding hydrogens is 376 g/mol. The van der Waals surface area contributed by atoms with E-state index in [1.165, 1.54) is 0 Å². The highest BCUT2D eigenvalue weighted by atomic mass is 16.5. The molecule has 0 saturated heterocycles. The largest absolute Gasteiger partial charge is 0.491 e. The standard InChI is InChI=1S/C25H28N2O3/c1-6-29-25(28)22-12-17(4)10-11-23(22)27-20-13-18(5)24(26-15-20)19-8-7-9-21(14-19)30-16(2)3/h7-16,27H,6H2,1-5H3. The summed E-state index contributed by atoms with van der Waals surface area (Å²) in [6.07, 6.45) is 1.89. The van der Waals surface area contributed by atoms with Gasteiger partial charge in [-0.15, -0.1) is 0 Å². The van der Waals surface area contributed by atoms with Crippen LogP contribution in [0, 0.1) is 13.8 Å². The number of pyridine rings is 1. The van der Waals surface area contributed by atoms with Gasteiger partial charge in [-0.2, -0.15) is 0 Å². The van der Waals surface area contributed by atoms with Gasteiger partial charge in [0.1, 0.15) is 5.75 Å². The molecule has 2 aromatic carbocycles. The van der Waals surface area contributed by atoms with Crippen LogP contribution >= 0.6 is 0 Å². The maximum Gasteiger partial charge on any atom is 0.340 e. The van der Waals surface area contributed by atoms with E-state index in [0.29, 0.717) is 17.9 Å². The van der Waals surface area contributed by atoms with Gasteiger partial charge in [-0.25, -0.2) is 4.79 Å². The molecular formula is C25H28N2O3. The molecule has 0 amide bonds. The van der Waals surface area contributed by atoms with Gasteiger partial charge >= 0.3 is 5.97 Å². The number of ether oxygens (including phenoxy) is 2. The summed E-state index contributed by atoms with van der Waals surface area (Å²) in [7, 11) is 0. The smallest absolute Gasteiger partial charge is 0.340 e. The Morgan fingerprint density at radius 3 is 2.60 bits per heavy atom. The third-order valence-electron chi connectivity index (χ3n) is 4.51. The van der Waals surface area contributed by atoms with Gasteiger partial charge in [0, 0.05) is 5.56 Å². The minimum absolute atomic E-state index is 0.115. The Hall–Kier alpha value is -3.34. The molecule has 0 radical (unpaired) electrons. The van der Waals surface area contributed by atoms with Gasteiger partial charge in [0.2, 0.25) is 0 Å². The number of hydrogen-bond acceptors (Lipinski definition) is 5. The summed E-state index contributed by atoms with van der Waals surface area (Å²) in [4.78, 5) is 17.0. The summed E-state index contributed by atoms with van der Waals surface area (Å²) < 4.78 is 11.0. The Labute approximate surface area is 178 Å². The maximum absolute atomic E-state index is 12.3. The second-order valence-electron chi connectivity index (χ2n) is 7.48. The van der Waals surface area contributed by atoms with Crippen molar-refractivity contribution in [1.29, 1.82) is 0 Å². The van der Waals surface area contributed by atoms with Crippen LogP contribution in [0.2, 0.25) is 0 Å². The van der Waals surface area contributed by atoms with Crippen molar-refractivity contribution in [3.8, 4) is 17.0 Å². The first-order valence-corrected chi connectivity index (χ1v) is 10.2. The highest BCUT2D eigenvalue weighted by molar-refractivity contribution is 5.96. The zero-order chi connectivity index (χ0) is 21.7. The number of rotatable bonds is 7. The zero-order valence-corrected chi connectivity index (χ0v) is 18.2. The molecule has 1 aromatic heterocycles. The van der Waals surface area contributed by atoms with Crippen LogP contribution in [0.4, 0.5) is 11.4 Å². The van der Waals surface area contributed by atoms with Crippen LogP contribution in [0.15, 0.2) is 54.7 Å². The van der Waals surface area contributed by atoms with Crippen LogP contribution in [-0.2, 0) is 4.74 Å². The molecule has 30 heavy (non-hydrogen) atoms. The SMILES string of the molecule is CCOC(=O)c1cc(C)ccc1Nc1cnc(-c2cccc(OC(C)C)c2)c(C)c1. The van der Waals surface area contributed by atoms with Crippen molar-refractivity contribution >= 4 is 17.3 Å². The van der Waals surface area contributed by atoms with E-state index in [-0.39, 0.29) is 12.1 Å². The van der Waals surface area contributed by atoms with Crippen molar-refractivity contribution in [3.63, 3.8) is 0 Å². The Kier molecular flexibility index (Phi) is 6.72. The van der Waals surface area contributed by atoms with Gasteiger partial charge in [-0.05, 0) is 70.5 Å². The number of anilines is 2. The predicted molar refractivity (Wildman–Crippen MR) is 121 cm³/mol. The second kappa shape index (κ2) is 9.44. The van der Waals surface area contributed by atoms with Crippen LogP contribution in [-0.4, -0.2) is 23.7 Å². The molecule has 0 aliphatic rings. The highest BCUT2D eigenvalue weighted by Gasteiger charge is 2.14. The number of nitrogens with one attached hydrogen (secondary N) is 1. The van der Waals surface area contributed by atoms with Gasteiger partial charge < -0.3 is 14.8 Å². The molecule has 0 saturated carbocycles. The Bertz CT molecular complexity index is 1040. The molecule has 3 rings (SSSR count). The molecule has 3 aromatic rings. The first-order valence-electron chi connectivity index (χ1n) is 10.2. The molecule has 0 spiro atoms. The normalized spacial score (nSPS) is 10.7. The molecule has 0 unspecified atom stereocenters. The van der Waals surface area contributed by atoms with E-state index < -0.39 is 0 Å². The van der Waals surface area contributed by atoms with E-state index in [1.54, 1.807) is 13.1 Å².